The van der Waals surface area contributed by atoms with Gasteiger partial charge < -0.3 is 5.32 Å². The van der Waals surface area contributed by atoms with Crippen molar-refractivity contribution in [1.82, 2.24) is 4.90 Å². The van der Waals surface area contributed by atoms with Crippen LogP contribution in [0.5, 0.6) is 0 Å². The lowest BCUT2D eigenvalue weighted by Gasteiger charge is -2.14. The van der Waals surface area contributed by atoms with Gasteiger partial charge in [-0.2, -0.15) is 5.26 Å². The lowest BCUT2D eigenvalue weighted by Crippen LogP contribution is -2.31. The van der Waals surface area contributed by atoms with Crippen molar-refractivity contribution in [1.29, 1.82) is 5.26 Å². The van der Waals surface area contributed by atoms with Gasteiger partial charge in [-0.1, -0.05) is 6.92 Å². The number of anilines is 1. The second kappa shape index (κ2) is 5.65. The van der Waals surface area contributed by atoms with E-state index in [1.165, 1.54) is 6.42 Å². The fraction of sp³-hybridized carbons (Fsp3) is 0.429. The molecule has 1 amide bonds. The average molecular weight is 243 g/mol. The van der Waals surface area contributed by atoms with Gasteiger partial charge >= 0.3 is 0 Å². The normalized spacial score (nSPS) is 19.4. The molecule has 1 fully saturated rings. The summed E-state index contributed by atoms with van der Waals surface area (Å²) in [6.07, 6.45) is 1.17. The highest BCUT2D eigenvalue weighted by Crippen LogP contribution is 2.15. The predicted octanol–water partition coefficient (Wildman–Crippen LogP) is 1.84. The van der Waals surface area contributed by atoms with Gasteiger partial charge in [0.2, 0.25) is 5.91 Å². The van der Waals surface area contributed by atoms with Crippen molar-refractivity contribution in [3.8, 4) is 6.07 Å². The summed E-state index contributed by atoms with van der Waals surface area (Å²) in [6, 6.07) is 8.96. The molecule has 1 aromatic rings. The van der Waals surface area contributed by atoms with Gasteiger partial charge in [0, 0.05) is 12.2 Å². The zero-order valence-electron chi connectivity index (χ0n) is 10.5. The second-order valence-corrected chi connectivity index (χ2v) is 4.87. The Morgan fingerprint density at radius 1 is 1.50 bits per heavy atom. The van der Waals surface area contributed by atoms with Crippen LogP contribution in [-0.4, -0.2) is 30.4 Å². The SMILES string of the molecule is CC1CCN(CC(=O)Nc2ccc(C#N)cc2)C1. The summed E-state index contributed by atoms with van der Waals surface area (Å²) in [5.74, 6) is 0.696. The highest BCUT2D eigenvalue weighted by molar-refractivity contribution is 5.92. The van der Waals surface area contributed by atoms with Crippen molar-refractivity contribution in [3.63, 3.8) is 0 Å². The molecule has 4 nitrogen and oxygen atoms in total. The van der Waals surface area contributed by atoms with E-state index in [9.17, 15) is 4.79 Å². The molecule has 1 aliphatic heterocycles. The van der Waals surface area contributed by atoms with E-state index >= 15 is 0 Å². The van der Waals surface area contributed by atoms with Crippen molar-refractivity contribution >= 4 is 11.6 Å². The standard InChI is InChI=1S/C14H17N3O/c1-11-6-7-17(9-11)10-14(18)16-13-4-2-12(8-15)3-5-13/h2-5,11H,6-7,9-10H2,1H3,(H,16,18). The van der Waals surface area contributed by atoms with Crippen LogP contribution in [0.2, 0.25) is 0 Å². The number of nitrogens with one attached hydrogen (secondary N) is 1. The molecule has 1 saturated heterocycles. The average Bonchev–Trinajstić information content (AvgIpc) is 2.75. The first-order chi connectivity index (χ1) is 8.67. The number of hydrogen-bond acceptors (Lipinski definition) is 3. The van der Waals surface area contributed by atoms with Crippen LogP contribution >= 0.6 is 0 Å². The molecule has 0 bridgehead atoms. The Morgan fingerprint density at radius 3 is 2.78 bits per heavy atom. The van der Waals surface area contributed by atoms with Crippen LogP contribution in [0, 0.1) is 17.2 Å². The van der Waals surface area contributed by atoms with Crippen molar-refractivity contribution in [2.24, 2.45) is 5.92 Å². The molecule has 1 atom stereocenters. The first-order valence-corrected chi connectivity index (χ1v) is 6.20. The molecule has 1 unspecified atom stereocenters. The number of nitriles is 1. The van der Waals surface area contributed by atoms with Gasteiger partial charge in [-0.15, -0.1) is 0 Å². The van der Waals surface area contributed by atoms with Crippen LogP contribution in [-0.2, 0) is 4.79 Å². The first kappa shape index (κ1) is 12.6. The predicted molar refractivity (Wildman–Crippen MR) is 70.0 cm³/mol. The summed E-state index contributed by atoms with van der Waals surface area (Å²) in [6.45, 7) is 4.66. The molecular formula is C14H17N3O. The van der Waals surface area contributed by atoms with E-state index in [1.54, 1.807) is 24.3 Å². The van der Waals surface area contributed by atoms with E-state index in [0.717, 1.165) is 18.8 Å². The van der Waals surface area contributed by atoms with E-state index in [0.29, 0.717) is 18.0 Å². The zero-order chi connectivity index (χ0) is 13.0. The topological polar surface area (TPSA) is 56.1 Å². The third-order valence-electron chi connectivity index (χ3n) is 3.17. The smallest absolute Gasteiger partial charge is 0.238 e. The Bertz CT molecular complexity index is 461. The lowest BCUT2D eigenvalue weighted by molar-refractivity contribution is -0.117. The number of carbonyl (C=O) groups is 1. The van der Waals surface area contributed by atoms with Crippen molar-refractivity contribution < 1.29 is 4.79 Å². The maximum absolute atomic E-state index is 11.8. The number of benzene rings is 1. The largest absolute Gasteiger partial charge is 0.325 e. The summed E-state index contributed by atoms with van der Waals surface area (Å²) < 4.78 is 0. The fourth-order valence-corrected chi connectivity index (χ4v) is 2.20. The van der Waals surface area contributed by atoms with Crippen LogP contribution in [0.3, 0.4) is 0 Å². The molecular weight excluding hydrogens is 226 g/mol. The molecule has 0 saturated carbocycles. The van der Waals surface area contributed by atoms with E-state index in [-0.39, 0.29) is 5.91 Å². The highest BCUT2D eigenvalue weighted by atomic mass is 16.2. The van der Waals surface area contributed by atoms with Gasteiger partial charge in [0.15, 0.2) is 0 Å². The molecule has 94 valence electrons. The Hall–Kier alpha value is -1.86. The number of rotatable bonds is 3. The monoisotopic (exact) mass is 243 g/mol. The van der Waals surface area contributed by atoms with Crippen LogP contribution in [0.4, 0.5) is 5.69 Å². The van der Waals surface area contributed by atoms with Crippen molar-refractivity contribution in [2.45, 2.75) is 13.3 Å². The molecule has 4 heteroatoms. The molecule has 1 aliphatic rings. The Balaban J connectivity index is 1.85. The van der Waals surface area contributed by atoms with Gasteiger partial charge in [0.1, 0.15) is 0 Å². The minimum atomic E-state index is 0.00816. The number of carbonyl (C=O) groups excluding carboxylic acids is 1. The quantitative estimate of drug-likeness (QED) is 0.881. The summed E-state index contributed by atoms with van der Waals surface area (Å²) in [5.41, 5.74) is 1.34. The minimum Gasteiger partial charge on any atom is -0.325 e. The number of nitrogens with zero attached hydrogens (tertiary/aromatic N) is 2. The third kappa shape index (κ3) is 3.31. The molecule has 18 heavy (non-hydrogen) atoms. The second-order valence-electron chi connectivity index (χ2n) is 4.87. The first-order valence-electron chi connectivity index (χ1n) is 6.20. The highest BCUT2D eigenvalue weighted by Gasteiger charge is 2.20. The molecule has 0 radical (unpaired) electrons. The van der Waals surface area contributed by atoms with Gasteiger partial charge in [0.05, 0.1) is 18.2 Å². The van der Waals surface area contributed by atoms with Crippen LogP contribution in [0.15, 0.2) is 24.3 Å². The molecule has 0 spiro atoms. The number of amides is 1. The van der Waals surface area contributed by atoms with E-state index in [1.807, 2.05) is 0 Å². The lowest BCUT2D eigenvalue weighted by atomic mass is 10.2. The number of likely N-dealkylation sites (tertiary alicyclic amines) is 1. The summed E-state index contributed by atoms with van der Waals surface area (Å²) >= 11 is 0. The molecule has 1 heterocycles. The van der Waals surface area contributed by atoms with Crippen LogP contribution in [0.25, 0.3) is 0 Å². The maximum Gasteiger partial charge on any atom is 0.238 e. The van der Waals surface area contributed by atoms with Gasteiger partial charge in [-0.3, -0.25) is 9.69 Å². The Labute approximate surface area is 107 Å². The molecule has 0 aliphatic carbocycles. The maximum atomic E-state index is 11.8. The fourth-order valence-electron chi connectivity index (χ4n) is 2.20. The molecule has 0 aromatic heterocycles. The molecule has 1 N–H and O–H groups in total. The van der Waals surface area contributed by atoms with Crippen LogP contribution < -0.4 is 5.32 Å². The molecule has 1 aromatic carbocycles. The summed E-state index contributed by atoms with van der Waals surface area (Å²) in [7, 11) is 0. The van der Waals surface area contributed by atoms with Gasteiger partial charge in [-0.25, -0.2) is 0 Å². The Kier molecular flexibility index (Phi) is 3.96. The van der Waals surface area contributed by atoms with Gasteiger partial charge in [-0.05, 0) is 43.1 Å². The summed E-state index contributed by atoms with van der Waals surface area (Å²) in [4.78, 5) is 14.0. The van der Waals surface area contributed by atoms with E-state index in [4.69, 9.17) is 5.26 Å². The van der Waals surface area contributed by atoms with Crippen molar-refractivity contribution in [3.05, 3.63) is 29.8 Å². The summed E-state index contributed by atoms with van der Waals surface area (Å²) in [5, 5.41) is 11.5. The van der Waals surface area contributed by atoms with E-state index in [2.05, 4.69) is 23.2 Å². The van der Waals surface area contributed by atoms with Gasteiger partial charge in [0.25, 0.3) is 0 Å². The number of hydrogen-bond donors (Lipinski definition) is 1. The molecule has 2 rings (SSSR count). The Morgan fingerprint density at radius 2 is 2.22 bits per heavy atom. The van der Waals surface area contributed by atoms with Crippen LogP contribution in [0.1, 0.15) is 18.9 Å². The zero-order valence-corrected chi connectivity index (χ0v) is 10.5. The third-order valence-corrected chi connectivity index (χ3v) is 3.17. The van der Waals surface area contributed by atoms with E-state index < -0.39 is 0 Å². The van der Waals surface area contributed by atoms with Crippen molar-refractivity contribution in [2.75, 3.05) is 25.0 Å². The minimum absolute atomic E-state index is 0.00816.